The molecule has 78 valence electrons. The minimum atomic E-state index is 0.225. The van der Waals surface area contributed by atoms with Crippen molar-refractivity contribution in [3.05, 3.63) is 34.3 Å². The van der Waals surface area contributed by atoms with Crippen molar-refractivity contribution in [1.82, 2.24) is 5.32 Å². The molecule has 0 aliphatic heterocycles. The lowest BCUT2D eigenvalue weighted by atomic mass is 10.0. The lowest BCUT2D eigenvalue weighted by molar-refractivity contribution is 0.374. The Balaban J connectivity index is 2.54. The van der Waals surface area contributed by atoms with Crippen LogP contribution in [0.1, 0.15) is 32.8 Å². The van der Waals surface area contributed by atoms with Crippen molar-refractivity contribution in [2.24, 2.45) is 0 Å². The largest absolute Gasteiger partial charge is 0.308 e. The first-order chi connectivity index (χ1) is 6.53. The van der Waals surface area contributed by atoms with Gasteiger partial charge in [-0.3, -0.25) is 0 Å². The van der Waals surface area contributed by atoms with Crippen molar-refractivity contribution in [3.63, 3.8) is 0 Å². The normalized spacial score (nSPS) is 11.7. The van der Waals surface area contributed by atoms with Gasteiger partial charge in [0.2, 0.25) is 0 Å². The second-order valence-corrected chi connectivity index (χ2v) is 5.14. The molecule has 0 aliphatic rings. The molecular formula is C12H18BrN. The molecule has 1 nitrogen and oxygen atoms in total. The van der Waals surface area contributed by atoms with Gasteiger partial charge in [0.15, 0.2) is 0 Å². The highest BCUT2D eigenvalue weighted by Gasteiger charge is 2.12. The van der Waals surface area contributed by atoms with Gasteiger partial charge in [0.05, 0.1) is 0 Å². The monoisotopic (exact) mass is 255 g/mol. The maximum Gasteiger partial charge on any atom is 0.0210 e. The molecule has 1 rings (SSSR count). The van der Waals surface area contributed by atoms with E-state index in [1.54, 1.807) is 0 Å². The van der Waals surface area contributed by atoms with Crippen LogP contribution in [0.3, 0.4) is 0 Å². The van der Waals surface area contributed by atoms with Crippen LogP contribution in [-0.4, -0.2) is 5.54 Å². The minimum Gasteiger partial charge on any atom is -0.308 e. The quantitative estimate of drug-likeness (QED) is 0.865. The summed E-state index contributed by atoms with van der Waals surface area (Å²) < 4.78 is 1.14. The second-order valence-electron chi connectivity index (χ2n) is 4.22. The van der Waals surface area contributed by atoms with Crippen molar-refractivity contribution >= 4 is 15.9 Å². The molecule has 1 aromatic rings. The molecule has 0 amide bonds. The molecule has 0 radical (unpaired) electrons. The Bertz CT molecular complexity index is 294. The first-order valence-electron chi connectivity index (χ1n) is 5.03. The molecule has 2 heteroatoms. The summed E-state index contributed by atoms with van der Waals surface area (Å²) in [6.45, 7) is 7.59. The standard InChI is InChI=1S/C12H18BrN/c1-4-12(2,3)14-9-10-6-5-7-11(13)8-10/h5-8,14H,4,9H2,1-3H3. The molecule has 0 heterocycles. The van der Waals surface area contributed by atoms with Gasteiger partial charge in [-0.2, -0.15) is 0 Å². The number of hydrogen-bond acceptors (Lipinski definition) is 1. The summed E-state index contributed by atoms with van der Waals surface area (Å²) in [6, 6.07) is 8.41. The van der Waals surface area contributed by atoms with E-state index in [1.807, 2.05) is 0 Å². The summed E-state index contributed by atoms with van der Waals surface area (Å²) >= 11 is 3.47. The molecule has 14 heavy (non-hydrogen) atoms. The molecular weight excluding hydrogens is 238 g/mol. The Morgan fingerprint density at radius 2 is 2.07 bits per heavy atom. The summed E-state index contributed by atoms with van der Waals surface area (Å²) in [6.07, 6.45) is 1.14. The van der Waals surface area contributed by atoms with Gasteiger partial charge in [0, 0.05) is 16.6 Å². The maximum absolute atomic E-state index is 3.53. The first-order valence-corrected chi connectivity index (χ1v) is 5.82. The summed E-state index contributed by atoms with van der Waals surface area (Å²) in [5.41, 5.74) is 1.54. The SMILES string of the molecule is CCC(C)(C)NCc1cccc(Br)c1. The third-order valence-corrected chi connectivity index (χ3v) is 3.04. The highest BCUT2D eigenvalue weighted by atomic mass is 79.9. The second kappa shape index (κ2) is 4.94. The number of rotatable bonds is 4. The Morgan fingerprint density at radius 1 is 1.36 bits per heavy atom. The van der Waals surface area contributed by atoms with E-state index < -0.39 is 0 Å². The van der Waals surface area contributed by atoms with Gasteiger partial charge in [0.1, 0.15) is 0 Å². The predicted octanol–water partition coefficient (Wildman–Crippen LogP) is 3.73. The highest BCUT2D eigenvalue weighted by Crippen LogP contribution is 2.13. The van der Waals surface area contributed by atoms with Gasteiger partial charge in [-0.25, -0.2) is 0 Å². The van der Waals surface area contributed by atoms with Crippen LogP contribution in [0, 0.1) is 0 Å². The smallest absolute Gasteiger partial charge is 0.0210 e. The zero-order valence-corrected chi connectivity index (χ0v) is 10.7. The zero-order valence-electron chi connectivity index (χ0n) is 9.10. The molecule has 0 aromatic heterocycles. The van der Waals surface area contributed by atoms with Crippen molar-refractivity contribution in [2.45, 2.75) is 39.3 Å². The van der Waals surface area contributed by atoms with Gasteiger partial charge >= 0.3 is 0 Å². The van der Waals surface area contributed by atoms with Gasteiger partial charge in [-0.15, -0.1) is 0 Å². The third-order valence-electron chi connectivity index (χ3n) is 2.54. The molecule has 0 unspecified atom stereocenters. The maximum atomic E-state index is 3.53. The number of hydrogen-bond donors (Lipinski definition) is 1. The first kappa shape index (κ1) is 11.7. The molecule has 0 saturated heterocycles. The van der Waals surface area contributed by atoms with Gasteiger partial charge < -0.3 is 5.32 Å². The fourth-order valence-corrected chi connectivity index (χ4v) is 1.56. The van der Waals surface area contributed by atoms with Crippen LogP contribution in [0.2, 0.25) is 0 Å². The highest BCUT2D eigenvalue weighted by molar-refractivity contribution is 9.10. The number of halogens is 1. The zero-order chi connectivity index (χ0) is 10.6. The molecule has 0 fully saturated rings. The fourth-order valence-electron chi connectivity index (χ4n) is 1.11. The van der Waals surface area contributed by atoms with Gasteiger partial charge in [-0.1, -0.05) is 35.0 Å². The van der Waals surface area contributed by atoms with Gasteiger partial charge in [-0.05, 0) is 38.0 Å². The van der Waals surface area contributed by atoms with E-state index in [0.717, 1.165) is 17.4 Å². The molecule has 0 saturated carbocycles. The summed E-state index contributed by atoms with van der Waals surface area (Å²) in [4.78, 5) is 0. The lowest BCUT2D eigenvalue weighted by Crippen LogP contribution is -2.37. The fraction of sp³-hybridized carbons (Fsp3) is 0.500. The molecule has 0 atom stereocenters. The summed E-state index contributed by atoms with van der Waals surface area (Å²) in [5.74, 6) is 0. The lowest BCUT2D eigenvalue weighted by Gasteiger charge is -2.24. The molecule has 0 aliphatic carbocycles. The van der Waals surface area contributed by atoms with Crippen LogP contribution in [0.5, 0.6) is 0 Å². The molecule has 1 aromatic carbocycles. The Labute approximate surface area is 95.0 Å². The van der Waals surface area contributed by atoms with Crippen LogP contribution >= 0.6 is 15.9 Å². The van der Waals surface area contributed by atoms with Crippen molar-refractivity contribution < 1.29 is 0 Å². The van der Waals surface area contributed by atoms with E-state index in [9.17, 15) is 0 Å². The van der Waals surface area contributed by atoms with E-state index in [2.05, 4.69) is 66.3 Å². The van der Waals surface area contributed by atoms with E-state index >= 15 is 0 Å². The van der Waals surface area contributed by atoms with E-state index in [1.165, 1.54) is 5.56 Å². The summed E-state index contributed by atoms with van der Waals surface area (Å²) in [5, 5.41) is 3.53. The van der Waals surface area contributed by atoms with E-state index in [4.69, 9.17) is 0 Å². The average Bonchev–Trinajstić information content (AvgIpc) is 2.15. The molecule has 0 bridgehead atoms. The van der Waals surface area contributed by atoms with E-state index in [0.29, 0.717) is 0 Å². The van der Waals surface area contributed by atoms with Crippen LogP contribution in [0.15, 0.2) is 28.7 Å². The Kier molecular flexibility index (Phi) is 4.14. The van der Waals surface area contributed by atoms with Crippen LogP contribution in [-0.2, 0) is 6.54 Å². The summed E-state index contributed by atoms with van der Waals surface area (Å²) in [7, 11) is 0. The number of nitrogens with one attached hydrogen (secondary N) is 1. The predicted molar refractivity (Wildman–Crippen MR) is 65.4 cm³/mol. The van der Waals surface area contributed by atoms with Crippen LogP contribution in [0.25, 0.3) is 0 Å². The average molecular weight is 256 g/mol. The number of benzene rings is 1. The van der Waals surface area contributed by atoms with Crippen LogP contribution < -0.4 is 5.32 Å². The molecule has 0 spiro atoms. The molecule has 1 N–H and O–H groups in total. The van der Waals surface area contributed by atoms with Crippen molar-refractivity contribution in [2.75, 3.05) is 0 Å². The van der Waals surface area contributed by atoms with Gasteiger partial charge in [0.25, 0.3) is 0 Å². The third kappa shape index (κ3) is 3.81. The topological polar surface area (TPSA) is 12.0 Å². The van der Waals surface area contributed by atoms with Crippen molar-refractivity contribution in [1.29, 1.82) is 0 Å². The Hall–Kier alpha value is -0.340. The van der Waals surface area contributed by atoms with E-state index in [-0.39, 0.29) is 5.54 Å². The minimum absolute atomic E-state index is 0.225. The Morgan fingerprint density at radius 3 is 2.64 bits per heavy atom. The van der Waals surface area contributed by atoms with Crippen LogP contribution in [0.4, 0.5) is 0 Å². The van der Waals surface area contributed by atoms with Crippen molar-refractivity contribution in [3.8, 4) is 0 Å².